The van der Waals surface area contributed by atoms with Gasteiger partial charge in [0.1, 0.15) is 0 Å². The van der Waals surface area contributed by atoms with Gasteiger partial charge in [-0.3, -0.25) is 9.89 Å². The Hall–Kier alpha value is -2.36. The topological polar surface area (TPSA) is 61.5 Å². The highest BCUT2D eigenvalue weighted by molar-refractivity contribution is 5.83. The predicted molar refractivity (Wildman–Crippen MR) is 66.9 cm³/mol. The van der Waals surface area contributed by atoms with E-state index in [-0.39, 0.29) is 5.43 Å². The second-order valence-electron chi connectivity index (χ2n) is 4.05. The molecule has 84 valence electrons. The molecule has 0 radical (unpaired) electrons. The van der Waals surface area contributed by atoms with Gasteiger partial charge in [0.2, 0.25) is 0 Å². The summed E-state index contributed by atoms with van der Waals surface area (Å²) in [5.41, 5.74) is 3.64. The third-order valence-electron chi connectivity index (χ3n) is 2.78. The molecule has 0 bridgehead atoms. The van der Waals surface area contributed by atoms with Crippen LogP contribution in [0.25, 0.3) is 22.2 Å². The summed E-state index contributed by atoms with van der Waals surface area (Å²) in [7, 11) is 0. The van der Waals surface area contributed by atoms with Gasteiger partial charge in [0.15, 0.2) is 5.43 Å². The molecule has 1 aromatic carbocycles. The lowest BCUT2D eigenvalue weighted by atomic mass is 10.1. The molecule has 0 saturated carbocycles. The summed E-state index contributed by atoms with van der Waals surface area (Å²) in [4.78, 5) is 15.1. The Balaban J connectivity index is 2.30. The molecule has 4 nitrogen and oxygen atoms in total. The van der Waals surface area contributed by atoms with E-state index in [1.165, 1.54) is 0 Å². The van der Waals surface area contributed by atoms with Crippen molar-refractivity contribution >= 4 is 10.9 Å². The van der Waals surface area contributed by atoms with Crippen molar-refractivity contribution < 1.29 is 0 Å². The van der Waals surface area contributed by atoms with E-state index in [0.29, 0.717) is 5.39 Å². The molecule has 3 aromatic rings. The van der Waals surface area contributed by atoms with Gasteiger partial charge in [-0.25, -0.2) is 0 Å². The molecule has 3 rings (SSSR count). The quantitative estimate of drug-likeness (QED) is 0.667. The van der Waals surface area contributed by atoms with Gasteiger partial charge in [0.05, 0.1) is 5.69 Å². The van der Waals surface area contributed by atoms with Gasteiger partial charge in [-0.2, -0.15) is 5.10 Å². The van der Waals surface area contributed by atoms with Crippen molar-refractivity contribution in [1.82, 2.24) is 15.2 Å². The zero-order valence-corrected chi connectivity index (χ0v) is 9.32. The lowest BCUT2D eigenvalue weighted by Crippen LogP contribution is -2.02. The minimum atomic E-state index is 0.0395. The van der Waals surface area contributed by atoms with Crippen LogP contribution in [0.1, 0.15) is 5.69 Å². The summed E-state index contributed by atoms with van der Waals surface area (Å²) >= 11 is 0. The molecule has 2 N–H and O–H groups in total. The molecule has 0 aliphatic heterocycles. The van der Waals surface area contributed by atoms with Gasteiger partial charge >= 0.3 is 0 Å². The summed E-state index contributed by atoms with van der Waals surface area (Å²) in [5, 5.41) is 7.49. The van der Waals surface area contributed by atoms with Crippen molar-refractivity contribution in [2.24, 2.45) is 0 Å². The van der Waals surface area contributed by atoms with Crippen LogP contribution in [-0.4, -0.2) is 15.2 Å². The zero-order chi connectivity index (χ0) is 11.8. The van der Waals surface area contributed by atoms with Gasteiger partial charge in [-0.05, 0) is 25.1 Å². The highest BCUT2D eigenvalue weighted by Gasteiger charge is 2.04. The average molecular weight is 225 g/mol. The average Bonchev–Trinajstić information content (AvgIpc) is 2.82. The number of hydrogen-bond acceptors (Lipinski definition) is 2. The Morgan fingerprint density at radius 2 is 2.06 bits per heavy atom. The van der Waals surface area contributed by atoms with Crippen LogP contribution < -0.4 is 5.43 Å². The number of nitrogens with one attached hydrogen (secondary N) is 2. The van der Waals surface area contributed by atoms with Crippen LogP contribution in [-0.2, 0) is 0 Å². The Labute approximate surface area is 97.3 Å². The van der Waals surface area contributed by atoms with Gasteiger partial charge in [-0.15, -0.1) is 0 Å². The second-order valence-corrected chi connectivity index (χ2v) is 4.05. The number of benzene rings is 1. The number of aromatic amines is 2. The Bertz CT molecular complexity index is 726. The molecule has 4 heteroatoms. The molecule has 2 heterocycles. The zero-order valence-electron chi connectivity index (χ0n) is 9.32. The van der Waals surface area contributed by atoms with E-state index in [1.807, 2.05) is 31.2 Å². The fourth-order valence-electron chi connectivity index (χ4n) is 1.96. The lowest BCUT2D eigenvalue weighted by molar-refractivity contribution is 1.10. The Morgan fingerprint density at radius 3 is 2.82 bits per heavy atom. The van der Waals surface area contributed by atoms with Crippen molar-refractivity contribution in [2.45, 2.75) is 6.92 Å². The van der Waals surface area contributed by atoms with Crippen LogP contribution in [0.3, 0.4) is 0 Å². The van der Waals surface area contributed by atoms with Gasteiger partial charge in [0.25, 0.3) is 0 Å². The maximum Gasteiger partial charge on any atom is 0.189 e. The van der Waals surface area contributed by atoms with Crippen molar-refractivity contribution in [1.29, 1.82) is 0 Å². The summed E-state index contributed by atoms with van der Waals surface area (Å²) < 4.78 is 0. The maximum absolute atomic E-state index is 11.9. The normalized spacial score (nSPS) is 10.9. The molecule has 0 unspecified atom stereocenters. The number of hydrogen-bond donors (Lipinski definition) is 2. The largest absolute Gasteiger partial charge is 0.358 e. The highest BCUT2D eigenvalue weighted by Crippen LogP contribution is 2.19. The molecule has 0 spiro atoms. The number of nitrogens with zero attached hydrogens (tertiary/aromatic N) is 1. The second kappa shape index (κ2) is 3.59. The number of fused-ring (bicyclic) bond motifs is 1. The first kappa shape index (κ1) is 9.84. The molecule has 0 fully saturated rings. The fraction of sp³-hybridized carbons (Fsp3) is 0.0769. The van der Waals surface area contributed by atoms with E-state index in [9.17, 15) is 4.79 Å². The first-order valence-electron chi connectivity index (χ1n) is 5.37. The van der Waals surface area contributed by atoms with Gasteiger partial charge in [-0.1, -0.05) is 6.07 Å². The third-order valence-corrected chi connectivity index (χ3v) is 2.78. The first-order chi connectivity index (χ1) is 8.24. The van der Waals surface area contributed by atoms with Gasteiger partial charge in [0, 0.05) is 34.4 Å². The molecular formula is C13H11N3O. The molecule has 2 aromatic heterocycles. The number of rotatable bonds is 1. The molecule has 0 atom stereocenters. The molecule has 0 aliphatic carbocycles. The molecule has 0 amide bonds. The van der Waals surface area contributed by atoms with Crippen LogP contribution in [0.5, 0.6) is 0 Å². The smallest absolute Gasteiger partial charge is 0.189 e. The van der Waals surface area contributed by atoms with Crippen molar-refractivity contribution in [3.8, 4) is 11.3 Å². The van der Waals surface area contributed by atoms with E-state index < -0.39 is 0 Å². The summed E-state index contributed by atoms with van der Waals surface area (Å²) in [5.74, 6) is 0. The van der Waals surface area contributed by atoms with Crippen LogP contribution in [0.2, 0.25) is 0 Å². The maximum atomic E-state index is 11.9. The number of pyridine rings is 1. The number of H-pyrrole nitrogens is 2. The predicted octanol–water partition coefficient (Wildman–Crippen LogP) is 2.23. The van der Waals surface area contributed by atoms with Crippen LogP contribution in [0.15, 0.2) is 41.3 Å². The van der Waals surface area contributed by atoms with Crippen molar-refractivity contribution in [2.75, 3.05) is 0 Å². The van der Waals surface area contributed by atoms with Crippen LogP contribution in [0, 0.1) is 6.92 Å². The summed E-state index contributed by atoms with van der Waals surface area (Å²) in [6.45, 7) is 1.88. The van der Waals surface area contributed by atoms with Crippen molar-refractivity contribution in [3.63, 3.8) is 0 Å². The highest BCUT2D eigenvalue weighted by atomic mass is 16.1. The van der Waals surface area contributed by atoms with Crippen molar-refractivity contribution in [3.05, 3.63) is 52.4 Å². The first-order valence-corrected chi connectivity index (χ1v) is 5.37. The molecule has 0 aliphatic rings. The van der Waals surface area contributed by atoms with E-state index in [2.05, 4.69) is 15.2 Å². The number of aryl methyl sites for hydroxylation is 1. The van der Waals surface area contributed by atoms with E-state index in [1.54, 1.807) is 12.3 Å². The minimum absolute atomic E-state index is 0.0395. The van der Waals surface area contributed by atoms with E-state index in [4.69, 9.17) is 0 Å². The van der Waals surface area contributed by atoms with E-state index in [0.717, 1.165) is 22.5 Å². The number of aromatic nitrogens is 3. The minimum Gasteiger partial charge on any atom is -0.358 e. The lowest BCUT2D eigenvalue weighted by Gasteiger charge is -2.02. The summed E-state index contributed by atoms with van der Waals surface area (Å²) in [6, 6.07) is 9.24. The SMILES string of the molecule is Cc1cc(=O)c2cc(-c3ccn[nH]3)ccc2[nH]1. The van der Waals surface area contributed by atoms with Crippen LogP contribution >= 0.6 is 0 Å². The van der Waals surface area contributed by atoms with Gasteiger partial charge < -0.3 is 4.98 Å². The molecule has 17 heavy (non-hydrogen) atoms. The summed E-state index contributed by atoms with van der Waals surface area (Å²) in [6.07, 6.45) is 1.69. The third kappa shape index (κ3) is 1.63. The standard InChI is InChI=1S/C13H11N3O/c1-8-6-13(17)10-7-9(2-3-12(10)15-8)11-4-5-14-16-11/h2-7H,1H3,(H,14,16)(H,15,17). The fourth-order valence-corrected chi connectivity index (χ4v) is 1.96. The Morgan fingerprint density at radius 1 is 1.18 bits per heavy atom. The molecular weight excluding hydrogens is 214 g/mol. The van der Waals surface area contributed by atoms with E-state index >= 15 is 0 Å². The van der Waals surface area contributed by atoms with Crippen LogP contribution in [0.4, 0.5) is 0 Å². The monoisotopic (exact) mass is 225 g/mol. The Kier molecular flexibility index (Phi) is 2.08. The molecule has 0 saturated heterocycles.